The molecule has 1 aliphatic rings. The van der Waals surface area contributed by atoms with Crippen molar-refractivity contribution in [1.82, 2.24) is 9.80 Å². The minimum atomic E-state index is 0. The van der Waals surface area contributed by atoms with Crippen molar-refractivity contribution < 1.29 is 0 Å². The molecule has 1 aromatic carbocycles. The molecular formula is C19H33IN4. The Labute approximate surface area is 164 Å². The third-order valence-electron chi connectivity index (χ3n) is 4.82. The van der Waals surface area contributed by atoms with E-state index in [2.05, 4.69) is 59.8 Å². The molecule has 24 heavy (non-hydrogen) atoms. The molecule has 0 spiro atoms. The zero-order valence-electron chi connectivity index (χ0n) is 15.4. The van der Waals surface area contributed by atoms with Crippen LogP contribution in [0.1, 0.15) is 44.7 Å². The van der Waals surface area contributed by atoms with E-state index in [4.69, 9.17) is 5.73 Å². The fraction of sp³-hybridized carbons (Fsp3) is 0.632. The first-order valence-electron chi connectivity index (χ1n) is 8.97. The molecular weight excluding hydrogens is 411 g/mol. The molecule has 0 unspecified atom stereocenters. The lowest BCUT2D eigenvalue weighted by Crippen LogP contribution is -2.37. The zero-order valence-corrected chi connectivity index (χ0v) is 17.7. The highest BCUT2D eigenvalue weighted by molar-refractivity contribution is 14.0. The Morgan fingerprint density at radius 1 is 1.12 bits per heavy atom. The zero-order chi connectivity index (χ0) is 16.7. The highest BCUT2D eigenvalue weighted by atomic mass is 127. The second kappa shape index (κ2) is 10.9. The topological polar surface area (TPSA) is 44.9 Å². The van der Waals surface area contributed by atoms with E-state index in [1.165, 1.54) is 37.1 Å². The van der Waals surface area contributed by atoms with Gasteiger partial charge in [-0.05, 0) is 56.8 Å². The van der Waals surface area contributed by atoms with Gasteiger partial charge in [-0.2, -0.15) is 0 Å². The van der Waals surface area contributed by atoms with Gasteiger partial charge >= 0.3 is 0 Å². The molecule has 1 heterocycles. The number of aliphatic imine (C=N–C) groups is 1. The summed E-state index contributed by atoms with van der Waals surface area (Å²) < 4.78 is 0. The SMILES string of the molecule is CCN(CC)C(N)=NCc1ccc(CN2CCC(C)CC2)cc1.I. The summed E-state index contributed by atoms with van der Waals surface area (Å²) in [7, 11) is 0. The van der Waals surface area contributed by atoms with Crippen LogP contribution in [0.25, 0.3) is 0 Å². The Bertz CT molecular complexity index is 489. The first-order valence-corrected chi connectivity index (χ1v) is 8.97. The van der Waals surface area contributed by atoms with Gasteiger partial charge in [-0.25, -0.2) is 4.99 Å². The summed E-state index contributed by atoms with van der Waals surface area (Å²) in [6.45, 7) is 12.5. The maximum Gasteiger partial charge on any atom is 0.191 e. The lowest BCUT2D eigenvalue weighted by molar-refractivity contribution is 0.185. The van der Waals surface area contributed by atoms with Gasteiger partial charge in [0.2, 0.25) is 0 Å². The highest BCUT2D eigenvalue weighted by Crippen LogP contribution is 2.18. The maximum absolute atomic E-state index is 6.02. The average molecular weight is 444 g/mol. The van der Waals surface area contributed by atoms with Crippen LogP contribution < -0.4 is 5.73 Å². The molecule has 4 nitrogen and oxygen atoms in total. The van der Waals surface area contributed by atoms with Crippen LogP contribution in [0.3, 0.4) is 0 Å². The quantitative estimate of drug-likeness (QED) is 0.414. The molecule has 1 fully saturated rings. The van der Waals surface area contributed by atoms with Crippen LogP contribution in [0, 0.1) is 5.92 Å². The Kier molecular flexibility index (Phi) is 9.66. The number of guanidine groups is 1. The van der Waals surface area contributed by atoms with Crippen molar-refractivity contribution in [2.75, 3.05) is 26.2 Å². The first kappa shape index (κ1) is 21.2. The molecule has 2 rings (SSSR count). The Hall–Kier alpha value is -0.820. The standard InChI is InChI=1S/C19H32N4.HI/c1-4-23(5-2)19(20)21-14-17-6-8-18(9-7-17)15-22-12-10-16(3)11-13-22;/h6-9,16H,4-5,10-15H2,1-3H3,(H2,20,21);1H. The summed E-state index contributed by atoms with van der Waals surface area (Å²) in [5.74, 6) is 1.53. The molecule has 2 N–H and O–H groups in total. The first-order chi connectivity index (χ1) is 11.1. The predicted octanol–water partition coefficient (Wildman–Crippen LogP) is 3.69. The van der Waals surface area contributed by atoms with Gasteiger partial charge in [0.05, 0.1) is 6.54 Å². The molecule has 0 radical (unpaired) electrons. The van der Waals surface area contributed by atoms with Crippen molar-refractivity contribution in [2.24, 2.45) is 16.6 Å². The molecule has 0 atom stereocenters. The Morgan fingerprint density at radius 3 is 2.21 bits per heavy atom. The van der Waals surface area contributed by atoms with Crippen LogP contribution in [0.5, 0.6) is 0 Å². The molecule has 1 saturated heterocycles. The van der Waals surface area contributed by atoms with Crippen molar-refractivity contribution in [3.05, 3.63) is 35.4 Å². The van der Waals surface area contributed by atoms with E-state index < -0.39 is 0 Å². The molecule has 0 bridgehead atoms. The van der Waals surface area contributed by atoms with Gasteiger partial charge in [0, 0.05) is 19.6 Å². The molecule has 1 aliphatic heterocycles. The minimum Gasteiger partial charge on any atom is -0.370 e. The molecule has 136 valence electrons. The van der Waals surface area contributed by atoms with Crippen LogP contribution >= 0.6 is 24.0 Å². The van der Waals surface area contributed by atoms with Gasteiger partial charge < -0.3 is 10.6 Å². The summed E-state index contributed by atoms with van der Waals surface area (Å²) in [5, 5.41) is 0. The number of hydrogen-bond acceptors (Lipinski definition) is 2. The van der Waals surface area contributed by atoms with E-state index in [0.29, 0.717) is 12.5 Å². The second-order valence-electron chi connectivity index (χ2n) is 6.62. The highest BCUT2D eigenvalue weighted by Gasteiger charge is 2.15. The smallest absolute Gasteiger partial charge is 0.191 e. The number of halogens is 1. The number of nitrogens with two attached hydrogens (primary N) is 1. The van der Waals surface area contributed by atoms with Crippen molar-refractivity contribution in [2.45, 2.75) is 46.7 Å². The lowest BCUT2D eigenvalue weighted by Gasteiger charge is -2.30. The molecule has 0 amide bonds. The van der Waals surface area contributed by atoms with Crippen molar-refractivity contribution >= 4 is 29.9 Å². The number of benzene rings is 1. The maximum atomic E-state index is 6.02. The van der Waals surface area contributed by atoms with Crippen LogP contribution in [0.15, 0.2) is 29.3 Å². The van der Waals surface area contributed by atoms with Crippen molar-refractivity contribution in [3.8, 4) is 0 Å². The summed E-state index contributed by atoms with van der Waals surface area (Å²) in [6.07, 6.45) is 2.66. The normalized spacial score (nSPS) is 16.7. The summed E-state index contributed by atoms with van der Waals surface area (Å²) in [4.78, 5) is 9.14. The van der Waals surface area contributed by atoms with Crippen LogP contribution in [-0.2, 0) is 13.1 Å². The largest absolute Gasteiger partial charge is 0.370 e. The third-order valence-corrected chi connectivity index (χ3v) is 4.82. The van der Waals surface area contributed by atoms with Crippen LogP contribution in [-0.4, -0.2) is 41.9 Å². The van der Waals surface area contributed by atoms with Gasteiger partial charge in [0.15, 0.2) is 5.96 Å². The Morgan fingerprint density at radius 2 is 1.67 bits per heavy atom. The molecule has 0 saturated carbocycles. The lowest BCUT2D eigenvalue weighted by atomic mass is 9.99. The van der Waals surface area contributed by atoms with Gasteiger partial charge in [-0.1, -0.05) is 31.2 Å². The minimum absolute atomic E-state index is 0. The van der Waals surface area contributed by atoms with Gasteiger partial charge in [0.25, 0.3) is 0 Å². The summed E-state index contributed by atoms with van der Waals surface area (Å²) in [6, 6.07) is 8.83. The fourth-order valence-corrected chi connectivity index (χ4v) is 3.05. The van der Waals surface area contributed by atoms with E-state index in [1.54, 1.807) is 0 Å². The summed E-state index contributed by atoms with van der Waals surface area (Å²) >= 11 is 0. The molecule has 0 aliphatic carbocycles. The molecule has 1 aromatic rings. The second-order valence-corrected chi connectivity index (χ2v) is 6.62. The predicted molar refractivity (Wildman–Crippen MR) is 114 cm³/mol. The van der Waals surface area contributed by atoms with Crippen molar-refractivity contribution in [3.63, 3.8) is 0 Å². The average Bonchev–Trinajstić information content (AvgIpc) is 2.57. The Balaban J connectivity index is 0.00000288. The van der Waals surface area contributed by atoms with E-state index in [9.17, 15) is 0 Å². The van der Waals surface area contributed by atoms with Crippen LogP contribution in [0.2, 0.25) is 0 Å². The monoisotopic (exact) mass is 444 g/mol. The summed E-state index contributed by atoms with van der Waals surface area (Å²) in [5.41, 5.74) is 8.63. The third kappa shape index (κ3) is 6.59. The van der Waals surface area contributed by atoms with Gasteiger partial charge in [-0.15, -0.1) is 24.0 Å². The van der Waals surface area contributed by atoms with E-state index >= 15 is 0 Å². The van der Waals surface area contributed by atoms with Crippen molar-refractivity contribution in [1.29, 1.82) is 0 Å². The van der Waals surface area contributed by atoms with Gasteiger partial charge in [0.1, 0.15) is 0 Å². The van der Waals surface area contributed by atoms with E-state index in [1.807, 2.05) is 0 Å². The number of hydrogen-bond donors (Lipinski definition) is 1. The molecule has 0 aromatic heterocycles. The van der Waals surface area contributed by atoms with Crippen LogP contribution in [0.4, 0.5) is 0 Å². The van der Waals surface area contributed by atoms with E-state index in [-0.39, 0.29) is 24.0 Å². The molecule has 5 heteroatoms. The number of nitrogens with zero attached hydrogens (tertiary/aromatic N) is 3. The van der Waals surface area contributed by atoms with Gasteiger partial charge in [-0.3, -0.25) is 4.90 Å². The number of rotatable bonds is 6. The van der Waals surface area contributed by atoms with E-state index in [0.717, 1.165) is 25.6 Å². The number of piperidine rings is 1. The fourth-order valence-electron chi connectivity index (χ4n) is 3.05. The number of likely N-dealkylation sites (tertiary alicyclic amines) is 1.